The number of aliphatic hydroxyl groups is 1. The number of benzene rings is 4. The van der Waals surface area contributed by atoms with E-state index in [0.717, 1.165) is 16.8 Å². The molecule has 0 saturated heterocycles. The molecule has 0 spiro atoms. The average molecular weight is 683 g/mol. The van der Waals surface area contributed by atoms with Crippen LogP contribution < -0.4 is 0 Å². The molecule has 5 aromatic rings. The number of hydrogen-bond donors (Lipinski definition) is 1. The van der Waals surface area contributed by atoms with Crippen molar-refractivity contribution < 1.29 is 47.6 Å². The molecule has 1 aromatic heterocycles. The molecule has 37 heavy (non-hydrogen) atoms. The van der Waals surface area contributed by atoms with Gasteiger partial charge in [-0.05, 0) is 59.2 Å². The zero-order valence-corrected chi connectivity index (χ0v) is 22.0. The van der Waals surface area contributed by atoms with E-state index in [-0.39, 0.29) is 48.4 Å². The maximum Gasteiger partial charge on any atom is 0.403 e. The maximum atomic E-state index is 13.7. The maximum absolute atomic E-state index is 13.7. The number of ketones is 1. The quantitative estimate of drug-likeness (QED) is 0.0672. The summed E-state index contributed by atoms with van der Waals surface area (Å²) in [4.78, 5) is 14.4. The van der Waals surface area contributed by atoms with Gasteiger partial charge in [-0.15, -0.1) is 23.6 Å². The van der Waals surface area contributed by atoms with Gasteiger partial charge in [0.15, 0.2) is 5.78 Å². The molecule has 8 heteroatoms. The Kier molecular flexibility index (Phi) is 8.46. The number of hydrogen-bond acceptors (Lipinski definition) is 3. The summed E-state index contributed by atoms with van der Waals surface area (Å²) in [5.41, 5.74) is -0.0448. The predicted octanol–water partition coefficient (Wildman–Crippen LogP) is 8.20. The Labute approximate surface area is 223 Å². The molecule has 0 bridgehead atoms. The van der Waals surface area contributed by atoms with E-state index >= 15 is 0 Å². The smallest absolute Gasteiger partial charge is 0.403 e. The Morgan fingerprint density at radius 3 is 2.27 bits per heavy atom. The third kappa shape index (κ3) is 6.21. The van der Waals surface area contributed by atoms with E-state index in [4.69, 9.17) is 5.11 Å². The number of aliphatic hydroxyl groups excluding tert-OH is 1. The Bertz CT molecular complexity index is 1640. The zero-order valence-electron chi connectivity index (χ0n) is 19.7. The van der Waals surface area contributed by atoms with E-state index in [1.807, 2.05) is 0 Å². The summed E-state index contributed by atoms with van der Waals surface area (Å²) in [5, 5.41) is 11.8. The van der Waals surface area contributed by atoms with Crippen LogP contribution in [-0.4, -0.2) is 15.9 Å². The molecule has 1 heterocycles. The molecule has 1 N–H and O–H groups in total. The average Bonchev–Trinajstić information content (AvgIpc) is 2.81. The van der Waals surface area contributed by atoms with Crippen LogP contribution in [0.2, 0.25) is 0 Å². The van der Waals surface area contributed by atoms with Crippen LogP contribution in [0.25, 0.3) is 43.6 Å². The fourth-order valence-electron chi connectivity index (χ4n) is 4.07. The molecule has 5 rings (SSSR count). The summed E-state index contributed by atoms with van der Waals surface area (Å²) in [6, 6.07) is 20.2. The van der Waals surface area contributed by atoms with Crippen molar-refractivity contribution in [2.45, 2.75) is 20.0 Å². The minimum Gasteiger partial charge on any atom is -0.512 e. The van der Waals surface area contributed by atoms with E-state index < -0.39 is 11.7 Å². The summed E-state index contributed by atoms with van der Waals surface area (Å²) in [7, 11) is 0. The Morgan fingerprint density at radius 2 is 1.62 bits per heavy atom. The fourth-order valence-corrected chi connectivity index (χ4v) is 4.07. The predicted molar refractivity (Wildman–Crippen MR) is 133 cm³/mol. The number of rotatable bonds is 2. The Balaban J connectivity index is 0.000000422. The second-order valence-electron chi connectivity index (χ2n) is 8.22. The van der Waals surface area contributed by atoms with Gasteiger partial charge in [0.25, 0.3) is 0 Å². The van der Waals surface area contributed by atoms with Crippen molar-refractivity contribution in [3.8, 4) is 11.3 Å². The Morgan fingerprint density at radius 1 is 0.919 bits per heavy atom. The number of carbonyl (C=O) groups excluding carboxylic acids is 1. The van der Waals surface area contributed by atoms with Crippen LogP contribution in [0.1, 0.15) is 19.4 Å². The number of fused-ring (bicyclic) bond motifs is 4. The molecular weight excluding hydrogens is 663 g/mol. The van der Waals surface area contributed by atoms with Crippen LogP contribution in [-0.2, 0) is 31.1 Å². The van der Waals surface area contributed by atoms with Gasteiger partial charge >= 0.3 is 6.18 Å². The SMILES string of the molecule is CC(=O)/C=C(/C)O.Fc1ccc2c(ccc3c(-c4[c-]c5ccccc5c(C(F)(F)F)c4)nccc32)c1.[Ir]. The first-order chi connectivity index (χ1) is 17.0. The molecule has 0 unspecified atom stereocenters. The van der Waals surface area contributed by atoms with Crippen LogP contribution >= 0.6 is 0 Å². The summed E-state index contributed by atoms with van der Waals surface area (Å²) >= 11 is 0. The van der Waals surface area contributed by atoms with Gasteiger partial charge in [-0.25, -0.2) is 4.39 Å². The number of pyridine rings is 1. The Hall–Kier alpha value is -3.61. The van der Waals surface area contributed by atoms with E-state index in [1.54, 1.807) is 48.7 Å². The fraction of sp³-hybridized carbons (Fsp3) is 0.103. The molecule has 0 aliphatic rings. The number of allylic oxidation sites excluding steroid dienone is 2. The van der Waals surface area contributed by atoms with E-state index in [1.165, 1.54) is 38.1 Å². The molecule has 191 valence electrons. The topological polar surface area (TPSA) is 50.2 Å². The van der Waals surface area contributed by atoms with Crippen molar-refractivity contribution in [3.63, 3.8) is 0 Å². The van der Waals surface area contributed by atoms with Crippen LogP contribution in [0, 0.1) is 11.9 Å². The normalized spacial score (nSPS) is 11.7. The van der Waals surface area contributed by atoms with Gasteiger partial charge in [-0.2, -0.15) is 13.2 Å². The minimum atomic E-state index is -4.50. The zero-order chi connectivity index (χ0) is 26.0. The molecule has 1 radical (unpaired) electrons. The molecule has 4 aromatic carbocycles. The van der Waals surface area contributed by atoms with E-state index in [9.17, 15) is 22.4 Å². The van der Waals surface area contributed by atoms with Crippen LogP contribution in [0.4, 0.5) is 17.6 Å². The minimum absolute atomic E-state index is 0. The van der Waals surface area contributed by atoms with Gasteiger partial charge in [-0.1, -0.05) is 47.3 Å². The number of alkyl halides is 3. The number of carbonyl (C=O) groups is 1. The first-order valence-electron chi connectivity index (χ1n) is 10.9. The molecule has 0 saturated carbocycles. The monoisotopic (exact) mass is 683 g/mol. The van der Waals surface area contributed by atoms with Gasteiger partial charge in [0.1, 0.15) is 5.82 Å². The van der Waals surface area contributed by atoms with Gasteiger partial charge in [-0.3, -0.25) is 9.78 Å². The molecule has 0 amide bonds. The van der Waals surface area contributed by atoms with Crippen LogP contribution in [0.5, 0.6) is 0 Å². The van der Waals surface area contributed by atoms with Crippen LogP contribution in [0.15, 0.2) is 84.8 Å². The standard InChI is InChI=1S/C24H12F4N.C5H8O2.Ir/c25-17-6-8-18-15(12-17)5-7-21-20(18)9-10-29-23(21)16-11-14-3-1-2-4-19(14)22(13-16)24(26,27)28;1-4(6)3-5(2)7;/h1-10,12-13H;3,6H,1-2H3;/q-1;;/b;4-3-;. The van der Waals surface area contributed by atoms with E-state index in [2.05, 4.69) is 11.1 Å². The summed E-state index contributed by atoms with van der Waals surface area (Å²) in [5.74, 6) is -0.406. The molecule has 0 atom stereocenters. The van der Waals surface area contributed by atoms with Crippen molar-refractivity contribution in [3.05, 3.63) is 102 Å². The van der Waals surface area contributed by atoms with Gasteiger partial charge in [0, 0.05) is 38.1 Å². The second-order valence-corrected chi connectivity index (χ2v) is 8.22. The van der Waals surface area contributed by atoms with Crippen LogP contribution in [0.3, 0.4) is 0 Å². The first kappa shape index (κ1) is 28.0. The molecule has 0 aliphatic carbocycles. The van der Waals surface area contributed by atoms with Gasteiger partial charge < -0.3 is 5.11 Å². The molecular formula is C29H20F4IrNO2-. The second kappa shape index (κ2) is 11.2. The molecule has 0 fully saturated rings. The summed E-state index contributed by atoms with van der Waals surface area (Å²) < 4.78 is 54.7. The molecule has 3 nitrogen and oxygen atoms in total. The van der Waals surface area contributed by atoms with Crippen molar-refractivity contribution in [1.29, 1.82) is 0 Å². The van der Waals surface area contributed by atoms with Crippen molar-refractivity contribution in [1.82, 2.24) is 4.98 Å². The summed E-state index contributed by atoms with van der Waals surface area (Å²) in [6.45, 7) is 2.85. The molecule has 0 aliphatic heterocycles. The van der Waals surface area contributed by atoms with Crippen molar-refractivity contribution in [2.75, 3.05) is 0 Å². The van der Waals surface area contributed by atoms with E-state index in [0.29, 0.717) is 21.9 Å². The number of nitrogens with zero attached hydrogens (tertiary/aromatic N) is 1. The van der Waals surface area contributed by atoms with Crippen molar-refractivity contribution >= 4 is 38.1 Å². The first-order valence-corrected chi connectivity index (χ1v) is 10.9. The largest absolute Gasteiger partial charge is 0.512 e. The third-order valence-corrected chi connectivity index (χ3v) is 5.47. The van der Waals surface area contributed by atoms with Gasteiger partial charge in [0.05, 0.1) is 5.76 Å². The number of halogens is 4. The summed E-state index contributed by atoms with van der Waals surface area (Å²) in [6.07, 6.45) is -1.78. The number of aromatic nitrogens is 1. The van der Waals surface area contributed by atoms with Crippen molar-refractivity contribution in [2.24, 2.45) is 0 Å². The van der Waals surface area contributed by atoms with Gasteiger partial charge in [0.2, 0.25) is 0 Å². The third-order valence-electron chi connectivity index (χ3n) is 5.47.